The minimum Gasteiger partial charge on any atom is -0.475 e. The van der Waals surface area contributed by atoms with Crippen LogP contribution in [0.5, 0.6) is 0 Å². The number of aromatic nitrogens is 3. The van der Waals surface area contributed by atoms with Crippen LogP contribution in [0.3, 0.4) is 0 Å². The lowest BCUT2D eigenvalue weighted by Crippen LogP contribution is -2.26. The molecule has 3 aromatic rings. The van der Waals surface area contributed by atoms with Gasteiger partial charge in [-0.3, -0.25) is 9.48 Å². The molecule has 162 valence electrons. The highest BCUT2D eigenvalue weighted by atomic mass is 32.1. The van der Waals surface area contributed by atoms with Crippen molar-refractivity contribution < 1.29 is 23.1 Å². The van der Waals surface area contributed by atoms with E-state index >= 15 is 0 Å². The van der Waals surface area contributed by atoms with E-state index in [0.717, 1.165) is 22.6 Å². The molecule has 0 amide bonds. The van der Waals surface area contributed by atoms with Crippen LogP contribution in [0.15, 0.2) is 40.5 Å². The molecule has 0 saturated carbocycles. The molecular formula is C19H21F3N4O3S. The van der Waals surface area contributed by atoms with E-state index < -0.39 is 12.1 Å². The van der Waals surface area contributed by atoms with Gasteiger partial charge in [0.2, 0.25) is 0 Å². The van der Waals surface area contributed by atoms with E-state index in [-0.39, 0.29) is 5.56 Å². The second kappa shape index (κ2) is 9.72. The van der Waals surface area contributed by atoms with Gasteiger partial charge >= 0.3 is 12.1 Å². The fourth-order valence-electron chi connectivity index (χ4n) is 2.51. The Morgan fingerprint density at radius 1 is 1.23 bits per heavy atom. The Morgan fingerprint density at radius 3 is 2.47 bits per heavy atom. The average molecular weight is 442 g/mol. The zero-order chi connectivity index (χ0) is 22.5. The Bertz CT molecular complexity index is 1060. The molecule has 0 radical (unpaired) electrons. The smallest absolute Gasteiger partial charge is 0.475 e. The third-order valence-electron chi connectivity index (χ3n) is 4.20. The summed E-state index contributed by atoms with van der Waals surface area (Å²) in [7, 11) is 3.75. The largest absolute Gasteiger partial charge is 0.490 e. The summed E-state index contributed by atoms with van der Waals surface area (Å²) in [4.78, 5) is 22.3. The van der Waals surface area contributed by atoms with Gasteiger partial charge in [0.1, 0.15) is 0 Å². The third kappa shape index (κ3) is 6.04. The number of aryl methyl sites for hydroxylation is 2. The molecular weight excluding hydrogens is 421 g/mol. The van der Waals surface area contributed by atoms with Gasteiger partial charge in [-0.1, -0.05) is 12.1 Å². The summed E-state index contributed by atoms with van der Waals surface area (Å²) in [5, 5.41) is 17.0. The third-order valence-corrected chi connectivity index (χ3v) is 5.09. The summed E-state index contributed by atoms with van der Waals surface area (Å²) in [5.74, 6) is -2.76. The lowest BCUT2D eigenvalue weighted by Gasteiger charge is -2.07. The van der Waals surface area contributed by atoms with Crippen LogP contribution in [0.1, 0.15) is 17.0 Å². The predicted octanol–water partition coefficient (Wildman–Crippen LogP) is 3.08. The molecule has 0 spiro atoms. The number of alkyl halides is 3. The first-order chi connectivity index (χ1) is 14.0. The van der Waals surface area contributed by atoms with Crippen molar-refractivity contribution in [2.45, 2.75) is 26.2 Å². The Labute approximate surface area is 174 Å². The Kier molecular flexibility index (Phi) is 7.57. The van der Waals surface area contributed by atoms with Crippen molar-refractivity contribution in [2.24, 2.45) is 14.1 Å². The quantitative estimate of drug-likeness (QED) is 0.634. The number of pyridine rings is 1. The summed E-state index contributed by atoms with van der Waals surface area (Å²) in [6, 6.07) is 10.1. The number of carboxylic acid groups (broad SMARTS) is 1. The number of nitrogens with one attached hydrogen (secondary N) is 1. The van der Waals surface area contributed by atoms with Gasteiger partial charge in [-0.15, -0.1) is 11.3 Å². The predicted molar refractivity (Wildman–Crippen MR) is 107 cm³/mol. The number of aliphatic carboxylic acids is 1. The topological polar surface area (TPSA) is 89.2 Å². The number of carboxylic acids is 1. The molecule has 0 bridgehead atoms. The highest BCUT2D eigenvalue weighted by molar-refractivity contribution is 7.13. The maximum atomic E-state index is 12.2. The van der Waals surface area contributed by atoms with E-state index in [2.05, 4.69) is 27.9 Å². The molecule has 7 nitrogen and oxygen atoms in total. The fourth-order valence-corrected chi connectivity index (χ4v) is 3.28. The first-order valence-corrected chi connectivity index (χ1v) is 9.61. The maximum Gasteiger partial charge on any atom is 0.490 e. The molecule has 0 aromatic carbocycles. The number of halogens is 3. The summed E-state index contributed by atoms with van der Waals surface area (Å²) in [6.07, 6.45) is -5.08. The average Bonchev–Trinajstić information content (AvgIpc) is 3.31. The molecule has 0 fully saturated rings. The van der Waals surface area contributed by atoms with Crippen molar-refractivity contribution in [2.75, 3.05) is 0 Å². The van der Waals surface area contributed by atoms with Crippen molar-refractivity contribution in [1.29, 1.82) is 0 Å². The number of rotatable bonds is 5. The number of nitrogens with zero attached hydrogens (tertiary/aromatic N) is 3. The van der Waals surface area contributed by atoms with Gasteiger partial charge in [0.25, 0.3) is 5.56 Å². The molecule has 30 heavy (non-hydrogen) atoms. The van der Waals surface area contributed by atoms with Crippen molar-refractivity contribution in [3.63, 3.8) is 0 Å². The van der Waals surface area contributed by atoms with Gasteiger partial charge in [-0.25, -0.2) is 4.79 Å². The zero-order valence-corrected chi connectivity index (χ0v) is 17.3. The van der Waals surface area contributed by atoms with E-state index in [9.17, 15) is 18.0 Å². The molecule has 11 heteroatoms. The normalized spacial score (nSPS) is 11.1. The fraction of sp³-hybridized carbons (Fsp3) is 0.316. The van der Waals surface area contributed by atoms with Crippen LogP contribution in [0, 0.1) is 6.92 Å². The second-order valence-corrected chi connectivity index (χ2v) is 7.34. The van der Waals surface area contributed by atoms with Crippen molar-refractivity contribution >= 4 is 17.3 Å². The van der Waals surface area contributed by atoms with Gasteiger partial charge in [0, 0.05) is 38.4 Å². The molecule has 3 aromatic heterocycles. The monoisotopic (exact) mass is 442 g/mol. The molecule has 0 aliphatic carbocycles. The molecule has 0 unspecified atom stereocenters. The molecule has 0 atom stereocenters. The number of thiophene rings is 1. The first-order valence-electron chi connectivity index (χ1n) is 8.74. The van der Waals surface area contributed by atoms with E-state index in [1.807, 2.05) is 36.9 Å². The summed E-state index contributed by atoms with van der Waals surface area (Å²) in [6.45, 7) is 3.10. The highest BCUT2D eigenvalue weighted by Crippen LogP contribution is 2.24. The minimum absolute atomic E-state index is 0.0535. The van der Waals surface area contributed by atoms with Crippen LogP contribution in [0.25, 0.3) is 10.6 Å². The summed E-state index contributed by atoms with van der Waals surface area (Å²) >= 11 is 1.70. The maximum absolute atomic E-state index is 12.2. The molecule has 0 aliphatic heterocycles. The Balaban J connectivity index is 0.000000396. The number of hydrogen-bond donors (Lipinski definition) is 2. The minimum atomic E-state index is -5.08. The Hall–Kier alpha value is -2.92. The van der Waals surface area contributed by atoms with E-state index in [0.29, 0.717) is 13.1 Å². The zero-order valence-electron chi connectivity index (χ0n) is 16.5. The van der Waals surface area contributed by atoms with Crippen LogP contribution in [0.4, 0.5) is 13.2 Å². The van der Waals surface area contributed by atoms with Crippen molar-refractivity contribution in [3.8, 4) is 10.6 Å². The van der Waals surface area contributed by atoms with E-state index in [1.54, 1.807) is 23.0 Å². The SMILES string of the molecule is Cc1ccc(CNCc2cc(-c3cccs3)n(C)n2)c(=O)n1C.O=C(O)C(F)(F)F. The standard InChI is InChI=1S/C17H20N4OS.C2HF3O2/c1-12-6-7-13(17(22)20(12)2)10-18-11-14-9-15(21(3)19-14)16-5-4-8-23-16;3-2(4,5)1(6)7/h4-9,18H,10-11H2,1-3H3;(H,6,7). The van der Waals surface area contributed by atoms with E-state index in [1.165, 1.54) is 4.88 Å². The lowest BCUT2D eigenvalue weighted by molar-refractivity contribution is -0.192. The molecule has 0 aliphatic rings. The summed E-state index contributed by atoms with van der Waals surface area (Å²) < 4.78 is 35.3. The van der Waals surface area contributed by atoms with Crippen LogP contribution in [-0.2, 0) is 32.0 Å². The van der Waals surface area contributed by atoms with Crippen LogP contribution in [-0.4, -0.2) is 31.6 Å². The molecule has 0 saturated heterocycles. The first kappa shape index (κ1) is 23.4. The second-order valence-electron chi connectivity index (χ2n) is 6.39. The molecule has 2 N–H and O–H groups in total. The van der Waals surface area contributed by atoms with Gasteiger partial charge in [-0.2, -0.15) is 18.3 Å². The van der Waals surface area contributed by atoms with Gasteiger partial charge < -0.3 is 15.0 Å². The number of carbonyl (C=O) groups is 1. The van der Waals surface area contributed by atoms with E-state index in [4.69, 9.17) is 9.90 Å². The van der Waals surface area contributed by atoms with Crippen LogP contribution >= 0.6 is 11.3 Å². The molecule has 3 rings (SSSR count). The number of hydrogen-bond acceptors (Lipinski definition) is 5. The van der Waals surface area contributed by atoms with Gasteiger partial charge in [-0.05, 0) is 30.5 Å². The highest BCUT2D eigenvalue weighted by Gasteiger charge is 2.38. The van der Waals surface area contributed by atoms with Gasteiger partial charge in [0.05, 0.1) is 16.3 Å². The van der Waals surface area contributed by atoms with Crippen molar-refractivity contribution in [3.05, 3.63) is 63.0 Å². The van der Waals surface area contributed by atoms with Crippen LogP contribution in [0.2, 0.25) is 0 Å². The summed E-state index contributed by atoms with van der Waals surface area (Å²) in [5.41, 5.74) is 3.87. The molecule has 3 heterocycles. The van der Waals surface area contributed by atoms with Gasteiger partial charge in [0.15, 0.2) is 0 Å². The van der Waals surface area contributed by atoms with Crippen LogP contribution < -0.4 is 10.9 Å². The lowest BCUT2D eigenvalue weighted by atomic mass is 10.2. The van der Waals surface area contributed by atoms with Crippen molar-refractivity contribution in [1.82, 2.24) is 19.7 Å². The Morgan fingerprint density at radius 2 is 1.90 bits per heavy atom.